The summed E-state index contributed by atoms with van der Waals surface area (Å²) >= 11 is 0. The third-order valence-corrected chi connectivity index (χ3v) is 9.51. The molecule has 1 amide bonds. The van der Waals surface area contributed by atoms with Crippen LogP contribution in [0.3, 0.4) is 0 Å². The summed E-state index contributed by atoms with van der Waals surface area (Å²) in [5.74, 6) is 0.540. The minimum atomic E-state index is -3.54. The Morgan fingerprint density at radius 3 is 2.38 bits per heavy atom. The lowest BCUT2D eigenvalue weighted by Crippen LogP contribution is -2.37. The molecule has 1 saturated carbocycles. The number of sulfonamides is 1. The fourth-order valence-corrected chi connectivity index (χ4v) is 7.16. The first-order valence-electron chi connectivity index (χ1n) is 13.1. The minimum Gasteiger partial charge on any atom is -0.367 e. The quantitative estimate of drug-likeness (QED) is 0.504. The number of hydrogen-bond acceptors (Lipinski definition) is 5. The van der Waals surface area contributed by atoms with E-state index in [9.17, 15) is 17.6 Å². The van der Waals surface area contributed by atoms with E-state index < -0.39 is 10.0 Å². The first-order chi connectivity index (χ1) is 17.7. The van der Waals surface area contributed by atoms with Gasteiger partial charge < -0.3 is 15.0 Å². The number of carbonyl (C=O) groups excluding carboxylic acids is 1. The van der Waals surface area contributed by atoms with Crippen molar-refractivity contribution in [3.63, 3.8) is 0 Å². The standard InChI is InChI=1S/C28H38FN3O4S/c1-31(2)28(23-12-14-24(29)15-13-23)22-10-8-21(9-11-22)18-30-27(33)20-36-25-16-17-32(19-25)37(34,35)26-6-4-3-5-7-26/h3-7,12-15,21-22,25,28H,8-11,16-20H2,1-2H3,(H,30,33). The molecule has 2 aromatic carbocycles. The summed E-state index contributed by atoms with van der Waals surface area (Å²) in [6.07, 6.45) is 4.48. The van der Waals surface area contributed by atoms with Gasteiger partial charge in [-0.1, -0.05) is 30.3 Å². The molecular formula is C28H38FN3O4S. The van der Waals surface area contributed by atoms with Crippen molar-refractivity contribution in [3.05, 3.63) is 66.0 Å². The minimum absolute atomic E-state index is 0.0630. The van der Waals surface area contributed by atoms with Crippen molar-refractivity contribution < 1.29 is 22.3 Å². The number of halogens is 1. The van der Waals surface area contributed by atoms with Gasteiger partial charge >= 0.3 is 0 Å². The van der Waals surface area contributed by atoms with Gasteiger partial charge in [0.25, 0.3) is 0 Å². The largest absolute Gasteiger partial charge is 0.367 e. The van der Waals surface area contributed by atoms with Crippen LogP contribution in [0.1, 0.15) is 43.7 Å². The van der Waals surface area contributed by atoms with Crippen LogP contribution in [0, 0.1) is 17.7 Å². The van der Waals surface area contributed by atoms with Crippen molar-refractivity contribution in [2.24, 2.45) is 11.8 Å². The molecule has 1 aliphatic carbocycles. The van der Waals surface area contributed by atoms with Gasteiger partial charge in [-0.2, -0.15) is 4.31 Å². The molecular weight excluding hydrogens is 493 g/mol. The number of nitrogens with zero attached hydrogens (tertiary/aromatic N) is 2. The Morgan fingerprint density at radius 2 is 1.73 bits per heavy atom. The predicted molar refractivity (Wildman–Crippen MR) is 141 cm³/mol. The highest BCUT2D eigenvalue weighted by atomic mass is 32.2. The third kappa shape index (κ3) is 7.16. The van der Waals surface area contributed by atoms with Gasteiger partial charge in [0.2, 0.25) is 15.9 Å². The molecule has 0 radical (unpaired) electrons. The lowest BCUT2D eigenvalue weighted by atomic mass is 9.76. The van der Waals surface area contributed by atoms with E-state index in [1.165, 1.54) is 16.4 Å². The van der Waals surface area contributed by atoms with E-state index in [0.717, 1.165) is 31.2 Å². The highest BCUT2D eigenvalue weighted by Gasteiger charge is 2.33. The van der Waals surface area contributed by atoms with Crippen molar-refractivity contribution >= 4 is 15.9 Å². The number of carbonyl (C=O) groups is 1. The second-order valence-electron chi connectivity index (χ2n) is 10.4. The average Bonchev–Trinajstić information content (AvgIpc) is 3.39. The highest BCUT2D eigenvalue weighted by molar-refractivity contribution is 7.89. The van der Waals surface area contributed by atoms with E-state index in [0.29, 0.717) is 31.3 Å². The van der Waals surface area contributed by atoms with Gasteiger partial charge in [-0.05, 0) is 87.9 Å². The smallest absolute Gasteiger partial charge is 0.246 e. The summed E-state index contributed by atoms with van der Waals surface area (Å²) in [7, 11) is 0.603. The van der Waals surface area contributed by atoms with Gasteiger partial charge in [0.15, 0.2) is 0 Å². The fourth-order valence-electron chi connectivity index (χ4n) is 5.66. The van der Waals surface area contributed by atoms with E-state index in [-0.39, 0.29) is 41.9 Å². The number of hydrogen-bond donors (Lipinski definition) is 1. The van der Waals surface area contributed by atoms with Crippen LogP contribution in [0.5, 0.6) is 0 Å². The number of nitrogens with one attached hydrogen (secondary N) is 1. The third-order valence-electron chi connectivity index (χ3n) is 7.63. The summed E-state index contributed by atoms with van der Waals surface area (Å²) in [5.41, 5.74) is 1.14. The zero-order chi connectivity index (χ0) is 26.4. The molecule has 202 valence electrons. The van der Waals surface area contributed by atoms with Crippen LogP contribution < -0.4 is 5.32 Å². The molecule has 37 heavy (non-hydrogen) atoms. The van der Waals surface area contributed by atoms with E-state index in [2.05, 4.69) is 24.3 Å². The van der Waals surface area contributed by atoms with Crippen molar-refractivity contribution in [3.8, 4) is 0 Å². The maximum Gasteiger partial charge on any atom is 0.246 e. The Kier molecular flexibility index (Phi) is 9.34. The highest BCUT2D eigenvalue weighted by Crippen LogP contribution is 2.39. The zero-order valence-electron chi connectivity index (χ0n) is 21.7. The summed E-state index contributed by atoms with van der Waals surface area (Å²) < 4.78 is 46.1. The van der Waals surface area contributed by atoms with Crippen LogP contribution in [0.15, 0.2) is 59.5 Å². The van der Waals surface area contributed by atoms with Crippen LogP contribution in [0.25, 0.3) is 0 Å². The van der Waals surface area contributed by atoms with Gasteiger partial charge in [0, 0.05) is 25.7 Å². The second-order valence-corrected chi connectivity index (χ2v) is 12.4. The summed E-state index contributed by atoms with van der Waals surface area (Å²) in [5, 5.41) is 3.00. The molecule has 0 aromatic heterocycles. The predicted octanol–water partition coefficient (Wildman–Crippen LogP) is 3.83. The van der Waals surface area contributed by atoms with Crippen LogP contribution in [0.2, 0.25) is 0 Å². The molecule has 1 heterocycles. The lowest BCUT2D eigenvalue weighted by molar-refractivity contribution is -0.127. The first-order valence-corrected chi connectivity index (χ1v) is 14.5. The number of benzene rings is 2. The van der Waals surface area contributed by atoms with Gasteiger partial charge in [0.05, 0.1) is 11.0 Å². The van der Waals surface area contributed by atoms with Crippen LogP contribution in [0.4, 0.5) is 4.39 Å². The Bertz CT molecular complexity index is 1120. The fraction of sp³-hybridized carbons (Fsp3) is 0.536. The number of ether oxygens (including phenoxy) is 1. The molecule has 4 rings (SSSR count). The van der Waals surface area contributed by atoms with Crippen molar-refractivity contribution in [2.45, 2.75) is 49.1 Å². The van der Waals surface area contributed by atoms with Crippen molar-refractivity contribution in [1.29, 1.82) is 0 Å². The SMILES string of the molecule is CN(C)C(c1ccc(F)cc1)C1CCC(CNC(=O)COC2CCN(S(=O)(=O)c3ccccc3)C2)CC1. The molecule has 7 nitrogen and oxygen atoms in total. The topological polar surface area (TPSA) is 79.0 Å². The molecule has 2 atom stereocenters. The average molecular weight is 532 g/mol. The molecule has 2 fully saturated rings. The Balaban J connectivity index is 1.17. The molecule has 1 aliphatic heterocycles. The number of amides is 1. The van der Waals surface area contributed by atoms with Crippen LogP contribution in [-0.4, -0.2) is 70.0 Å². The normalized spacial score (nSPS) is 23.7. The number of rotatable bonds is 10. The Hall–Kier alpha value is -2.33. The molecule has 1 N–H and O–H groups in total. The van der Waals surface area contributed by atoms with Gasteiger partial charge in [-0.3, -0.25) is 4.79 Å². The van der Waals surface area contributed by atoms with E-state index >= 15 is 0 Å². The zero-order valence-corrected chi connectivity index (χ0v) is 22.5. The molecule has 2 unspecified atom stereocenters. The van der Waals surface area contributed by atoms with Crippen molar-refractivity contribution in [2.75, 3.05) is 40.3 Å². The Labute approximate surface area is 220 Å². The molecule has 0 bridgehead atoms. The van der Waals surface area contributed by atoms with E-state index in [1.54, 1.807) is 30.3 Å². The summed E-state index contributed by atoms with van der Waals surface area (Å²) in [6, 6.07) is 15.5. The van der Waals surface area contributed by atoms with Gasteiger partial charge in [-0.25, -0.2) is 12.8 Å². The molecule has 2 aliphatic rings. The Morgan fingerprint density at radius 1 is 1.05 bits per heavy atom. The van der Waals surface area contributed by atoms with Crippen LogP contribution >= 0.6 is 0 Å². The second kappa shape index (κ2) is 12.5. The van der Waals surface area contributed by atoms with Gasteiger partial charge in [-0.15, -0.1) is 0 Å². The monoisotopic (exact) mass is 531 g/mol. The molecule has 2 aromatic rings. The van der Waals surface area contributed by atoms with Gasteiger partial charge in [0.1, 0.15) is 12.4 Å². The first kappa shape index (κ1) is 27.7. The maximum absolute atomic E-state index is 13.4. The van der Waals surface area contributed by atoms with Crippen molar-refractivity contribution in [1.82, 2.24) is 14.5 Å². The molecule has 0 spiro atoms. The molecule has 1 saturated heterocycles. The maximum atomic E-state index is 13.4. The summed E-state index contributed by atoms with van der Waals surface area (Å²) in [6.45, 7) is 1.21. The lowest BCUT2D eigenvalue weighted by Gasteiger charge is -2.37. The van der Waals surface area contributed by atoms with E-state index in [4.69, 9.17) is 4.74 Å². The van der Waals surface area contributed by atoms with E-state index in [1.807, 2.05) is 12.1 Å². The summed E-state index contributed by atoms with van der Waals surface area (Å²) in [4.78, 5) is 14.9. The molecule has 9 heteroatoms. The van der Waals surface area contributed by atoms with Crippen LogP contribution in [-0.2, 0) is 19.6 Å².